The van der Waals surface area contributed by atoms with Crippen LogP contribution in [0.1, 0.15) is 0 Å². The number of pyridine rings is 1. The maximum absolute atomic E-state index is 13.1. The lowest BCUT2D eigenvalue weighted by atomic mass is 10.2. The normalized spacial score (nSPS) is 9.92. The number of nitrogens with zero attached hydrogens (tertiary/aromatic N) is 4. The highest BCUT2D eigenvalue weighted by Crippen LogP contribution is 2.15. The van der Waals surface area contributed by atoms with Crippen LogP contribution in [0.2, 0.25) is 0 Å². The predicted molar refractivity (Wildman–Crippen MR) is 43.0 cm³/mol. The third-order valence-electron chi connectivity index (χ3n) is 1.50. The summed E-state index contributed by atoms with van der Waals surface area (Å²) < 4.78 is 13.1. The molecule has 0 bridgehead atoms. The minimum Gasteiger partial charge on any atom is -0.262 e. The molecule has 0 aliphatic rings. The maximum Gasteiger partial charge on any atom is 0.184 e. The van der Waals surface area contributed by atoms with Crippen molar-refractivity contribution in [2.24, 2.45) is 0 Å². The van der Waals surface area contributed by atoms with Crippen molar-refractivity contribution in [3.63, 3.8) is 0 Å². The molecule has 0 unspecified atom stereocenters. The van der Waals surface area contributed by atoms with Gasteiger partial charge in [0.25, 0.3) is 0 Å². The number of hydrogen-bond acceptors (Lipinski definition) is 4. The Bertz CT molecular complexity index is 404. The van der Waals surface area contributed by atoms with E-state index in [9.17, 15) is 4.39 Å². The molecule has 0 aliphatic carbocycles. The summed E-state index contributed by atoms with van der Waals surface area (Å²) in [5.41, 5.74) is 0.308. The molecule has 0 spiro atoms. The fourth-order valence-electron chi connectivity index (χ4n) is 0.928. The summed E-state index contributed by atoms with van der Waals surface area (Å²) in [6.45, 7) is 0. The average Bonchev–Trinajstić information content (AvgIpc) is 2.20. The van der Waals surface area contributed by atoms with Crippen LogP contribution in [0.4, 0.5) is 4.39 Å². The van der Waals surface area contributed by atoms with Gasteiger partial charge in [0.05, 0.1) is 18.0 Å². The Morgan fingerprint density at radius 1 is 1.15 bits per heavy atom. The van der Waals surface area contributed by atoms with E-state index in [1.165, 1.54) is 24.7 Å². The zero-order chi connectivity index (χ0) is 9.10. The fraction of sp³-hybridized carbons (Fsp3) is 0. The molecule has 5 heteroatoms. The van der Waals surface area contributed by atoms with E-state index in [-0.39, 0.29) is 5.82 Å². The van der Waals surface area contributed by atoms with Crippen LogP contribution in [0.5, 0.6) is 0 Å². The molecule has 13 heavy (non-hydrogen) atoms. The van der Waals surface area contributed by atoms with Gasteiger partial charge in [0.15, 0.2) is 11.6 Å². The van der Waals surface area contributed by atoms with Crippen LogP contribution >= 0.6 is 0 Å². The number of hydrogen-bond donors (Lipinski definition) is 0. The van der Waals surface area contributed by atoms with Crippen molar-refractivity contribution < 1.29 is 4.39 Å². The number of rotatable bonds is 1. The highest BCUT2D eigenvalue weighted by Gasteiger charge is 2.06. The summed E-state index contributed by atoms with van der Waals surface area (Å²) in [7, 11) is 0. The van der Waals surface area contributed by atoms with Crippen molar-refractivity contribution >= 4 is 0 Å². The molecule has 0 N–H and O–H groups in total. The molecule has 2 heterocycles. The first-order valence-corrected chi connectivity index (χ1v) is 3.61. The van der Waals surface area contributed by atoms with Crippen molar-refractivity contribution in [3.8, 4) is 11.4 Å². The van der Waals surface area contributed by atoms with E-state index in [1.807, 2.05) is 0 Å². The summed E-state index contributed by atoms with van der Waals surface area (Å²) >= 11 is 0. The Balaban J connectivity index is 2.54. The first kappa shape index (κ1) is 7.72. The van der Waals surface area contributed by atoms with Gasteiger partial charge < -0.3 is 0 Å². The molecule has 0 saturated carbocycles. The van der Waals surface area contributed by atoms with Crippen molar-refractivity contribution in [1.29, 1.82) is 0 Å². The Morgan fingerprint density at radius 2 is 2.08 bits per heavy atom. The SMILES string of the molecule is Fc1cnccc1-c1nccnn1. The first-order chi connectivity index (χ1) is 6.38. The molecule has 0 amide bonds. The summed E-state index contributed by atoms with van der Waals surface area (Å²) in [6.07, 6.45) is 5.49. The molecule has 0 saturated heterocycles. The second kappa shape index (κ2) is 3.22. The molecule has 0 radical (unpaired) electrons. The summed E-state index contributed by atoms with van der Waals surface area (Å²) in [4.78, 5) is 7.49. The second-order valence-electron chi connectivity index (χ2n) is 2.32. The Kier molecular flexibility index (Phi) is 1.91. The lowest BCUT2D eigenvalue weighted by molar-refractivity contribution is 0.623. The van der Waals surface area contributed by atoms with E-state index in [2.05, 4.69) is 20.2 Å². The van der Waals surface area contributed by atoms with Gasteiger partial charge in [-0.3, -0.25) is 4.98 Å². The molecule has 64 valence electrons. The van der Waals surface area contributed by atoms with Gasteiger partial charge in [-0.15, -0.1) is 5.10 Å². The quantitative estimate of drug-likeness (QED) is 0.652. The molecule has 0 atom stereocenters. The molecule has 0 aromatic carbocycles. The predicted octanol–water partition coefficient (Wildman–Crippen LogP) is 1.07. The van der Waals surface area contributed by atoms with Gasteiger partial charge in [-0.1, -0.05) is 0 Å². The Labute approximate surface area is 73.5 Å². The third kappa shape index (κ3) is 1.48. The fourth-order valence-corrected chi connectivity index (χ4v) is 0.928. The minimum absolute atomic E-state index is 0.266. The first-order valence-electron chi connectivity index (χ1n) is 3.61. The van der Waals surface area contributed by atoms with Crippen LogP contribution in [0.15, 0.2) is 30.9 Å². The molecule has 4 nitrogen and oxygen atoms in total. The van der Waals surface area contributed by atoms with Crippen molar-refractivity contribution in [2.45, 2.75) is 0 Å². The Morgan fingerprint density at radius 3 is 2.77 bits per heavy atom. The topological polar surface area (TPSA) is 51.6 Å². The summed E-state index contributed by atoms with van der Waals surface area (Å²) in [6, 6.07) is 1.51. The van der Waals surface area contributed by atoms with Crippen molar-refractivity contribution in [1.82, 2.24) is 20.2 Å². The van der Waals surface area contributed by atoms with Gasteiger partial charge >= 0.3 is 0 Å². The minimum atomic E-state index is -0.449. The molecule has 0 fully saturated rings. The van der Waals surface area contributed by atoms with Gasteiger partial charge in [-0.25, -0.2) is 9.37 Å². The molecule has 2 aromatic heterocycles. The van der Waals surface area contributed by atoms with Crippen LogP contribution < -0.4 is 0 Å². The van der Waals surface area contributed by atoms with Gasteiger partial charge in [0.2, 0.25) is 0 Å². The van der Waals surface area contributed by atoms with Crippen molar-refractivity contribution in [2.75, 3.05) is 0 Å². The molecule has 2 aromatic rings. The maximum atomic E-state index is 13.1. The summed E-state index contributed by atoms with van der Waals surface area (Å²) in [5, 5.41) is 7.28. The summed E-state index contributed by atoms with van der Waals surface area (Å²) in [5.74, 6) is -0.182. The zero-order valence-electron chi connectivity index (χ0n) is 6.55. The van der Waals surface area contributed by atoms with Gasteiger partial charge in [0.1, 0.15) is 0 Å². The van der Waals surface area contributed by atoms with E-state index in [0.717, 1.165) is 6.20 Å². The van der Waals surface area contributed by atoms with Crippen LogP contribution in [-0.2, 0) is 0 Å². The third-order valence-corrected chi connectivity index (χ3v) is 1.50. The van der Waals surface area contributed by atoms with Gasteiger partial charge in [-0.2, -0.15) is 5.10 Å². The van der Waals surface area contributed by atoms with E-state index in [1.54, 1.807) is 0 Å². The average molecular weight is 176 g/mol. The van der Waals surface area contributed by atoms with E-state index in [4.69, 9.17) is 0 Å². The molecular weight excluding hydrogens is 171 g/mol. The standard InChI is InChI=1S/C8H5FN4/c9-7-5-10-2-1-6(7)8-11-3-4-12-13-8/h1-5H. The van der Waals surface area contributed by atoms with Crippen molar-refractivity contribution in [3.05, 3.63) is 36.7 Å². The lowest BCUT2D eigenvalue weighted by Gasteiger charge is -1.97. The van der Waals surface area contributed by atoms with Crippen LogP contribution in [0.25, 0.3) is 11.4 Å². The van der Waals surface area contributed by atoms with Crippen LogP contribution in [-0.4, -0.2) is 20.2 Å². The van der Waals surface area contributed by atoms with Crippen LogP contribution in [0, 0.1) is 5.82 Å². The number of aromatic nitrogens is 4. The number of halogens is 1. The molecular formula is C8H5FN4. The van der Waals surface area contributed by atoms with Gasteiger partial charge in [-0.05, 0) is 6.07 Å². The highest BCUT2D eigenvalue weighted by molar-refractivity contribution is 5.53. The van der Waals surface area contributed by atoms with Gasteiger partial charge in [0, 0.05) is 12.4 Å². The highest BCUT2D eigenvalue weighted by atomic mass is 19.1. The zero-order valence-corrected chi connectivity index (χ0v) is 6.55. The Hall–Kier alpha value is -1.91. The smallest absolute Gasteiger partial charge is 0.184 e. The van der Waals surface area contributed by atoms with E-state index >= 15 is 0 Å². The monoisotopic (exact) mass is 176 g/mol. The second-order valence-corrected chi connectivity index (χ2v) is 2.32. The molecule has 0 aliphatic heterocycles. The van der Waals surface area contributed by atoms with Crippen LogP contribution in [0.3, 0.4) is 0 Å². The molecule has 2 rings (SSSR count). The lowest BCUT2D eigenvalue weighted by Crippen LogP contribution is -1.93. The van der Waals surface area contributed by atoms with E-state index < -0.39 is 5.82 Å². The largest absolute Gasteiger partial charge is 0.262 e. The van der Waals surface area contributed by atoms with E-state index in [0.29, 0.717) is 5.56 Å².